The Morgan fingerprint density at radius 1 is 1.20 bits per heavy atom. The van der Waals surface area contributed by atoms with Crippen LogP contribution in [0.2, 0.25) is 0 Å². The van der Waals surface area contributed by atoms with Crippen LogP contribution in [0.25, 0.3) is 22.3 Å². The molecule has 0 radical (unpaired) electrons. The van der Waals surface area contributed by atoms with E-state index in [0.29, 0.717) is 17.6 Å². The minimum atomic E-state index is -4.84. The maximum absolute atomic E-state index is 13.6. The number of phosphoric acid groups is 1. The second kappa shape index (κ2) is 10.7. The Morgan fingerprint density at radius 3 is 2.78 bits per heavy atom. The molecule has 46 heavy (non-hydrogen) atoms. The highest BCUT2D eigenvalue weighted by Crippen LogP contribution is 2.71. The number of nitrogens with one attached hydrogen (secondary N) is 1. The summed E-state index contributed by atoms with van der Waals surface area (Å²) in [5.74, 6) is -0.346. The molecule has 1 spiro atoms. The fourth-order valence-corrected chi connectivity index (χ4v) is 10.6. The molecule has 244 valence electrons. The number of rotatable bonds is 3. The van der Waals surface area contributed by atoms with Crippen LogP contribution in [0, 0.1) is 11.3 Å². The summed E-state index contributed by atoms with van der Waals surface area (Å²) in [7, 11) is -6.26. The normalized spacial score (nSPS) is 38.6. The van der Waals surface area contributed by atoms with Crippen molar-refractivity contribution in [1.29, 1.82) is 0 Å². The number of imidazole rings is 2. The van der Waals surface area contributed by atoms with Gasteiger partial charge in [-0.15, -0.1) is 20.8 Å². The zero-order valence-electron chi connectivity index (χ0n) is 23.7. The van der Waals surface area contributed by atoms with E-state index in [4.69, 9.17) is 34.3 Å². The smallest absolute Gasteiger partial charge is 0.388 e. The number of fused-ring (bicyclic) bond motifs is 4. The van der Waals surface area contributed by atoms with Gasteiger partial charge < -0.3 is 30.8 Å². The standard InChI is InChI=1S/C23H26N10O10P2S/c1-39-14-9-3-40-44(36)42-16-13(34)12(32-6-28-10-17(24)26-5-27-18(10)32)8-2-23(8,16)4-41-45(37,38)43-15(14)21(46-9)33-7-29-11-19(33)30-22(25)31-20(11)35/h5-9,12-16,21,34H,2-4H2,1H3,(H5-,24,25,26,27,30,31,35,37,38)/p+1/t8-,9-,12-,13+,14-,15-,16+,21-,23?/m1/s1. The fraction of sp³-hybridized carbons (Fsp3) is 0.565. The first-order valence-electron chi connectivity index (χ1n) is 14.0. The number of aromatic amines is 1. The summed E-state index contributed by atoms with van der Waals surface area (Å²) >= 11 is 1.19. The van der Waals surface area contributed by atoms with Gasteiger partial charge in [-0.1, -0.05) is 0 Å². The number of ether oxygens (including phenoxy) is 1. The van der Waals surface area contributed by atoms with E-state index in [2.05, 4.69) is 29.9 Å². The van der Waals surface area contributed by atoms with Crippen LogP contribution in [-0.4, -0.2) is 99.0 Å². The van der Waals surface area contributed by atoms with Crippen molar-refractivity contribution in [2.24, 2.45) is 11.3 Å². The van der Waals surface area contributed by atoms with Crippen LogP contribution < -0.4 is 17.0 Å². The first-order valence-corrected chi connectivity index (χ1v) is 17.5. The summed E-state index contributed by atoms with van der Waals surface area (Å²) in [6.45, 7) is -0.581. The predicted octanol–water partition coefficient (Wildman–Crippen LogP) is 0.250. The lowest BCUT2D eigenvalue weighted by atomic mass is 10.0. The van der Waals surface area contributed by atoms with Gasteiger partial charge in [0.15, 0.2) is 28.7 Å². The number of phosphoric ester groups is 1. The minimum absolute atomic E-state index is 0.00406. The van der Waals surface area contributed by atoms with Crippen LogP contribution in [0.3, 0.4) is 0 Å². The van der Waals surface area contributed by atoms with Crippen molar-refractivity contribution >= 4 is 61.9 Å². The van der Waals surface area contributed by atoms with Crippen LogP contribution in [0.15, 0.2) is 23.8 Å². The molecule has 3 unspecified atom stereocenters. The Morgan fingerprint density at radius 2 is 1.98 bits per heavy atom. The van der Waals surface area contributed by atoms with E-state index >= 15 is 0 Å². The molecule has 23 heteroatoms. The zero-order chi connectivity index (χ0) is 32.1. The highest BCUT2D eigenvalue weighted by atomic mass is 32.2. The maximum Gasteiger partial charge on any atom is 0.697 e. The number of hydrogen-bond donors (Lipinski definition) is 5. The molecule has 4 aliphatic rings. The average Bonchev–Trinajstić information content (AvgIpc) is 3.31. The number of hydrogen-bond acceptors (Lipinski definition) is 17. The van der Waals surface area contributed by atoms with Gasteiger partial charge in [-0.3, -0.25) is 23.4 Å². The van der Waals surface area contributed by atoms with Crippen molar-refractivity contribution in [3.63, 3.8) is 0 Å². The molecule has 7 N–H and O–H groups in total. The molecule has 2 aliphatic heterocycles. The third-order valence-corrected chi connectivity index (χ3v) is 12.4. The number of H-pyrrole nitrogens is 1. The lowest BCUT2D eigenvalue weighted by Gasteiger charge is -2.27. The molecule has 2 bridgehead atoms. The SMILES string of the molecule is CO[C@H]1[C@H]2OP(=O)(O)OCC34C[C@@H]3[C@@H](n3cnc5c(N)ncnc53)[C@H](O)[C@@H]4O[P+](=O)OC[C@H]1S[C@H]2n1cnc2c(=O)[nH]c(N)nc21. The Balaban J connectivity index is 1.13. The van der Waals surface area contributed by atoms with E-state index in [1.165, 1.54) is 42.4 Å². The molecule has 11 atom stereocenters. The zero-order valence-corrected chi connectivity index (χ0v) is 26.3. The molecular weight excluding hydrogens is 670 g/mol. The van der Waals surface area contributed by atoms with Gasteiger partial charge >= 0.3 is 16.1 Å². The predicted molar refractivity (Wildman–Crippen MR) is 158 cm³/mol. The minimum Gasteiger partial charge on any atom is -0.388 e. The van der Waals surface area contributed by atoms with Gasteiger partial charge in [-0.25, -0.2) is 24.5 Å². The van der Waals surface area contributed by atoms with Crippen molar-refractivity contribution in [3.05, 3.63) is 29.3 Å². The van der Waals surface area contributed by atoms with Gasteiger partial charge in [-0.05, 0) is 12.3 Å². The van der Waals surface area contributed by atoms with E-state index in [1.807, 2.05) is 0 Å². The maximum atomic E-state index is 13.6. The Bertz CT molecular complexity index is 1990. The topological polar surface area (TPSA) is 280 Å². The number of anilines is 2. The van der Waals surface area contributed by atoms with Gasteiger partial charge in [0.05, 0.1) is 30.6 Å². The first kappa shape index (κ1) is 30.2. The van der Waals surface area contributed by atoms with Crippen molar-refractivity contribution in [3.8, 4) is 0 Å². The second-order valence-corrected chi connectivity index (χ2v) is 15.2. The Labute approximate surface area is 262 Å². The highest BCUT2D eigenvalue weighted by Gasteiger charge is 2.75. The van der Waals surface area contributed by atoms with Gasteiger partial charge in [0.2, 0.25) is 5.95 Å². The largest absolute Gasteiger partial charge is 0.697 e. The molecule has 4 aromatic heterocycles. The van der Waals surface area contributed by atoms with E-state index in [-0.39, 0.29) is 42.1 Å². The number of nitrogens with zero attached hydrogens (tertiary/aromatic N) is 7. The summed E-state index contributed by atoms with van der Waals surface area (Å²) in [6, 6.07) is -0.671. The van der Waals surface area contributed by atoms with E-state index in [1.54, 1.807) is 4.57 Å². The number of aliphatic hydroxyl groups is 1. The molecule has 2 saturated heterocycles. The van der Waals surface area contributed by atoms with E-state index in [0.717, 1.165) is 0 Å². The summed E-state index contributed by atoms with van der Waals surface area (Å²) in [5.41, 5.74) is 11.0. The molecule has 2 aliphatic carbocycles. The molecule has 0 amide bonds. The van der Waals surface area contributed by atoms with Crippen molar-refractivity contribution in [2.75, 3.05) is 31.8 Å². The number of nitrogen functional groups attached to an aromatic ring is 2. The monoisotopic (exact) mass is 697 g/mol. The lowest BCUT2D eigenvalue weighted by molar-refractivity contribution is -0.0272. The van der Waals surface area contributed by atoms with E-state index in [9.17, 15) is 23.9 Å². The molecule has 4 aromatic rings. The van der Waals surface area contributed by atoms with Gasteiger partial charge in [0.25, 0.3) is 5.56 Å². The third-order valence-electron chi connectivity index (χ3n) is 9.10. The van der Waals surface area contributed by atoms with Gasteiger partial charge in [-0.2, -0.15) is 4.98 Å². The van der Waals surface area contributed by atoms with Crippen LogP contribution in [-0.2, 0) is 32.0 Å². The molecule has 2 saturated carbocycles. The molecule has 6 heterocycles. The quantitative estimate of drug-likeness (QED) is 0.179. The molecule has 8 rings (SSSR count). The number of thioether (sulfide) groups is 1. The summed E-state index contributed by atoms with van der Waals surface area (Å²) in [4.78, 5) is 46.7. The highest BCUT2D eigenvalue weighted by molar-refractivity contribution is 8.00. The average molecular weight is 698 g/mol. The Hall–Kier alpha value is -3.10. The molecule has 4 fully saturated rings. The molecular formula is C23H27N10O10P2S+. The van der Waals surface area contributed by atoms with E-state index < -0.39 is 68.1 Å². The summed E-state index contributed by atoms with van der Waals surface area (Å²) in [6.07, 6.45) is 0.0742. The van der Waals surface area contributed by atoms with Gasteiger partial charge in [0.1, 0.15) is 42.1 Å². The molecule has 20 nitrogen and oxygen atoms in total. The fourth-order valence-electron chi connectivity index (χ4n) is 6.99. The van der Waals surface area contributed by atoms with Crippen LogP contribution in [0.1, 0.15) is 17.8 Å². The number of aliphatic hydroxyl groups excluding tert-OH is 1. The number of aromatic nitrogens is 8. The van der Waals surface area contributed by atoms with Crippen LogP contribution in [0.4, 0.5) is 11.8 Å². The van der Waals surface area contributed by atoms with Crippen molar-refractivity contribution in [1.82, 2.24) is 39.0 Å². The first-order chi connectivity index (χ1) is 22.0. The van der Waals surface area contributed by atoms with Crippen molar-refractivity contribution in [2.45, 2.75) is 47.5 Å². The summed E-state index contributed by atoms with van der Waals surface area (Å²) in [5, 5.41) is 10.1. The second-order valence-electron chi connectivity index (χ2n) is 11.5. The summed E-state index contributed by atoms with van der Waals surface area (Å²) < 4.78 is 58.6. The van der Waals surface area contributed by atoms with Gasteiger partial charge in [0, 0.05) is 17.1 Å². The third kappa shape index (κ3) is 4.61. The number of methoxy groups -OCH3 is 1. The molecule has 0 aromatic carbocycles. The van der Waals surface area contributed by atoms with Crippen LogP contribution >= 0.6 is 27.8 Å². The van der Waals surface area contributed by atoms with Crippen LogP contribution in [0.5, 0.6) is 0 Å². The van der Waals surface area contributed by atoms with Crippen molar-refractivity contribution < 1.29 is 42.0 Å². The Kier molecular flexibility index (Phi) is 7.04. The number of nitrogens with two attached hydrogens (primary N) is 2. The lowest BCUT2D eigenvalue weighted by Crippen LogP contribution is -2.37.